The number of hydrogen-bond acceptors (Lipinski definition) is 4. The van der Waals surface area contributed by atoms with Crippen LogP contribution in [0.3, 0.4) is 0 Å². The molecule has 2 aromatic heterocycles. The van der Waals surface area contributed by atoms with Crippen molar-refractivity contribution in [3.05, 3.63) is 50.1 Å². The van der Waals surface area contributed by atoms with E-state index in [4.69, 9.17) is 4.42 Å². The third kappa shape index (κ3) is 1.89. The number of thiophene rings is 1. The smallest absolute Gasteiger partial charge is 0.347 e. The largest absolute Gasteiger partial charge is 0.402 e. The molecule has 0 fully saturated rings. The summed E-state index contributed by atoms with van der Waals surface area (Å²) in [6.45, 7) is 1.93. The fraction of sp³-hybridized carbons (Fsp3) is 0.0769. The summed E-state index contributed by atoms with van der Waals surface area (Å²) in [5.41, 5.74) is 1.29. The van der Waals surface area contributed by atoms with Crippen LogP contribution in [0.25, 0.3) is 21.7 Å². The number of aromatic nitrogens is 1. The van der Waals surface area contributed by atoms with Crippen molar-refractivity contribution in [1.82, 2.24) is 4.98 Å². The van der Waals surface area contributed by atoms with Gasteiger partial charge in [-0.3, -0.25) is 0 Å². The molecule has 0 amide bonds. The molecule has 5 heteroatoms. The third-order valence-electron chi connectivity index (χ3n) is 2.62. The van der Waals surface area contributed by atoms with Crippen molar-refractivity contribution in [3.63, 3.8) is 0 Å². The Bertz CT molecular complexity index is 778. The van der Waals surface area contributed by atoms with E-state index in [-0.39, 0.29) is 5.63 Å². The number of nitrogens with zero attached hydrogens (tertiary/aromatic N) is 1. The van der Waals surface area contributed by atoms with E-state index in [9.17, 15) is 4.79 Å². The maximum absolute atomic E-state index is 12.0. The number of hydrogen-bond donors (Lipinski definition) is 0. The maximum atomic E-state index is 12.0. The van der Waals surface area contributed by atoms with Gasteiger partial charge in [0.25, 0.3) is 0 Å². The highest BCUT2D eigenvalue weighted by Gasteiger charge is 2.11. The number of fused-ring (bicyclic) bond motifs is 1. The van der Waals surface area contributed by atoms with Gasteiger partial charge in [0.1, 0.15) is 0 Å². The summed E-state index contributed by atoms with van der Waals surface area (Å²) < 4.78 is 6.12. The lowest BCUT2D eigenvalue weighted by molar-refractivity contribution is 0.519. The first-order valence-corrected chi connectivity index (χ1v) is 6.97. The van der Waals surface area contributed by atoms with Gasteiger partial charge >= 0.3 is 5.63 Å². The molecule has 0 N–H and O–H groups in total. The highest BCUT2D eigenvalue weighted by Crippen LogP contribution is 2.26. The van der Waals surface area contributed by atoms with Crippen molar-refractivity contribution < 1.29 is 4.42 Å². The Labute approximate surface area is 115 Å². The van der Waals surface area contributed by atoms with Crippen molar-refractivity contribution in [2.24, 2.45) is 0 Å². The van der Waals surface area contributed by atoms with Crippen LogP contribution in [0.2, 0.25) is 0 Å². The second-order valence-corrected chi connectivity index (χ2v) is 5.77. The molecule has 0 saturated heterocycles. The van der Waals surface area contributed by atoms with E-state index >= 15 is 0 Å². The van der Waals surface area contributed by atoms with E-state index in [0.717, 1.165) is 14.9 Å². The maximum Gasteiger partial charge on any atom is 0.347 e. The van der Waals surface area contributed by atoms with E-state index in [1.165, 1.54) is 11.3 Å². The molecule has 3 nitrogen and oxygen atoms in total. The number of aryl methyl sites for hydroxylation is 1. The van der Waals surface area contributed by atoms with Crippen molar-refractivity contribution >= 4 is 38.2 Å². The van der Waals surface area contributed by atoms with E-state index in [1.807, 2.05) is 30.5 Å². The molecule has 0 radical (unpaired) electrons. The molecule has 0 saturated carbocycles. The van der Waals surface area contributed by atoms with Gasteiger partial charge in [0, 0.05) is 4.47 Å². The minimum Gasteiger partial charge on any atom is -0.402 e. The first-order chi connectivity index (χ1) is 8.65. The topological polar surface area (TPSA) is 43.1 Å². The van der Waals surface area contributed by atoms with Gasteiger partial charge < -0.3 is 4.42 Å². The molecular formula is C13H8BrNO2S. The third-order valence-corrected chi connectivity index (χ3v) is 3.94. The lowest BCUT2D eigenvalue weighted by Gasteiger charge is -2.03. The van der Waals surface area contributed by atoms with Gasteiger partial charge in [-0.1, -0.05) is 22.0 Å². The summed E-state index contributed by atoms with van der Waals surface area (Å²) in [5, 5.41) is 2.43. The summed E-state index contributed by atoms with van der Waals surface area (Å²) in [5.74, 6) is 0.382. The van der Waals surface area contributed by atoms with Gasteiger partial charge in [-0.25, -0.2) is 9.78 Å². The van der Waals surface area contributed by atoms with E-state index in [0.29, 0.717) is 16.8 Å². The van der Waals surface area contributed by atoms with Crippen LogP contribution in [-0.4, -0.2) is 4.98 Å². The van der Waals surface area contributed by atoms with Gasteiger partial charge in [0.05, 0.1) is 15.8 Å². The summed E-state index contributed by atoms with van der Waals surface area (Å²) in [7, 11) is 0. The fourth-order valence-electron chi connectivity index (χ4n) is 1.81. The second kappa shape index (κ2) is 4.33. The van der Waals surface area contributed by atoms with E-state index in [2.05, 4.69) is 20.9 Å². The molecule has 2 heterocycles. The summed E-state index contributed by atoms with van der Waals surface area (Å²) >= 11 is 4.87. The number of rotatable bonds is 1. The van der Waals surface area contributed by atoms with Crippen LogP contribution in [0.1, 0.15) is 5.56 Å². The first-order valence-electron chi connectivity index (χ1n) is 5.30. The Balaban J connectivity index is 2.38. The Morgan fingerprint density at radius 3 is 2.94 bits per heavy atom. The zero-order valence-electron chi connectivity index (χ0n) is 9.44. The Morgan fingerprint density at radius 2 is 2.22 bits per heavy atom. The summed E-state index contributed by atoms with van der Waals surface area (Å²) in [4.78, 5) is 17.3. The van der Waals surface area contributed by atoms with Crippen LogP contribution in [0.5, 0.6) is 0 Å². The lowest BCUT2D eigenvalue weighted by Crippen LogP contribution is -2.03. The normalized spacial score (nSPS) is 11.0. The van der Waals surface area contributed by atoms with Crippen molar-refractivity contribution in [2.45, 2.75) is 6.92 Å². The van der Waals surface area contributed by atoms with Gasteiger partial charge in [-0.15, -0.1) is 11.3 Å². The molecule has 1 aromatic carbocycles. The van der Waals surface area contributed by atoms with Gasteiger partial charge in [-0.2, -0.15) is 0 Å². The van der Waals surface area contributed by atoms with Crippen LogP contribution in [0.15, 0.2) is 43.3 Å². The minimum atomic E-state index is -0.354. The molecule has 18 heavy (non-hydrogen) atoms. The zero-order chi connectivity index (χ0) is 12.7. The molecule has 0 aliphatic carbocycles. The Kier molecular flexibility index (Phi) is 2.80. The average molecular weight is 322 g/mol. The van der Waals surface area contributed by atoms with E-state index in [1.54, 1.807) is 6.07 Å². The van der Waals surface area contributed by atoms with Crippen LogP contribution in [0.4, 0.5) is 0 Å². The standard InChI is InChI=1S/C13H8BrNO2S/c1-7-5-8(14)6-9-11(7)15-12(17-13(9)16)10-3-2-4-18-10/h2-6H,1H3. The summed E-state index contributed by atoms with van der Waals surface area (Å²) in [6, 6.07) is 7.46. The Hall–Kier alpha value is -1.46. The predicted octanol–water partition coefficient (Wildman–Crippen LogP) is 3.99. The molecule has 0 atom stereocenters. The van der Waals surface area contributed by atoms with Crippen LogP contribution in [-0.2, 0) is 0 Å². The monoisotopic (exact) mass is 321 g/mol. The molecule has 0 unspecified atom stereocenters. The SMILES string of the molecule is Cc1cc(Br)cc2c(=O)oc(-c3cccs3)nc12. The first kappa shape index (κ1) is 11.6. The Morgan fingerprint density at radius 1 is 1.39 bits per heavy atom. The molecule has 3 rings (SSSR count). The molecule has 0 aliphatic rings. The molecule has 90 valence electrons. The highest BCUT2D eigenvalue weighted by atomic mass is 79.9. The highest BCUT2D eigenvalue weighted by molar-refractivity contribution is 9.10. The van der Waals surface area contributed by atoms with Gasteiger partial charge in [-0.05, 0) is 36.1 Å². The molecule has 0 spiro atoms. The lowest BCUT2D eigenvalue weighted by atomic mass is 10.1. The summed E-state index contributed by atoms with van der Waals surface area (Å²) in [6.07, 6.45) is 0. The number of benzene rings is 1. The molecule has 3 aromatic rings. The molecule has 0 bridgehead atoms. The van der Waals surface area contributed by atoms with Crippen molar-refractivity contribution in [1.29, 1.82) is 0 Å². The molecule has 0 aliphatic heterocycles. The molecular weight excluding hydrogens is 314 g/mol. The second-order valence-electron chi connectivity index (χ2n) is 3.90. The quantitative estimate of drug-likeness (QED) is 0.680. The van der Waals surface area contributed by atoms with Crippen molar-refractivity contribution in [3.8, 4) is 10.8 Å². The number of halogens is 1. The van der Waals surface area contributed by atoms with Gasteiger partial charge in [0.2, 0.25) is 5.89 Å². The van der Waals surface area contributed by atoms with E-state index < -0.39 is 0 Å². The zero-order valence-corrected chi connectivity index (χ0v) is 11.8. The fourth-order valence-corrected chi connectivity index (χ4v) is 3.03. The average Bonchev–Trinajstić information content (AvgIpc) is 2.83. The van der Waals surface area contributed by atoms with Crippen molar-refractivity contribution in [2.75, 3.05) is 0 Å². The van der Waals surface area contributed by atoms with Gasteiger partial charge in [0.15, 0.2) is 0 Å². The van der Waals surface area contributed by atoms with Crippen LogP contribution < -0.4 is 5.63 Å². The van der Waals surface area contributed by atoms with Crippen LogP contribution in [0, 0.1) is 6.92 Å². The minimum absolute atomic E-state index is 0.354. The van der Waals surface area contributed by atoms with Crippen LogP contribution >= 0.6 is 27.3 Å². The predicted molar refractivity (Wildman–Crippen MR) is 76.0 cm³/mol.